The van der Waals surface area contributed by atoms with Crippen LogP contribution in [0.5, 0.6) is 0 Å². The number of hydrogen-bond donors (Lipinski definition) is 0. The maximum Gasteiger partial charge on any atom is 0.190 e. The van der Waals surface area contributed by atoms with Gasteiger partial charge in [0.15, 0.2) is 17.9 Å². The van der Waals surface area contributed by atoms with Crippen molar-refractivity contribution < 1.29 is 28.4 Å². The monoisotopic (exact) mass is 302 g/mol. The van der Waals surface area contributed by atoms with Crippen molar-refractivity contribution in [2.24, 2.45) is 0 Å². The zero-order valence-electron chi connectivity index (χ0n) is 13.5. The quantitative estimate of drug-likeness (QED) is 0.789. The Balaban J connectivity index is 1.72. The van der Waals surface area contributed by atoms with Gasteiger partial charge in [-0.3, -0.25) is 0 Å². The topological polar surface area (TPSA) is 55.4 Å². The average Bonchev–Trinajstić information content (AvgIpc) is 2.96. The molecule has 3 saturated heterocycles. The minimum atomic E-state index is -0.638. The van der Waals surface area contributed by atoms with E-state index in [1.165, 1.54) is 0 Å². The van der Waals surface area contributed by atoms with Gasteiger partial charge >= 0.3 is 0 Å². The molecule has 6 heteroatoms. The number of ether oxygens (including phenoxy) is 6. The van der Waals surface area contributed by atoms with Crippen LogP contribution in [0.25, 0.3) is 0 Å². The average molecular weight is 302 g/mol. The molecule has 0 radical (unpaired) electrons. The predicted molar refractivity (Wildman–Crippen MR) is 73.6 cm³/mol. The molecule has 3 aliphatic heterocycles. The van der Waals surface area contributed by atoms with Gasteiger partial charge in [0.05, 0.1) is 6.61 Å². The van der Waals surface area contributed by atoms with E-state index in [0.717, 1.165) is 6.42 Å². The highest BCUT2D eigenvalue weighted by molar-refractivity contribution is 4.98. The fourth-order valence-corrected chi connectivity index (χ4v) is 3.12. The van der Waals surface area contributed by atoms with Crippen molar-refractivity contribution >= 4 is 0 Å². The number of fused-ring (bicyclic) bond motifs is 1. The van der Waals surface area contributed by atoms with Gasteiger partial charge in [-0.15, -0.1) is 0 Å². The van der Waals surface area contributed by atoms with Gasteiger partial charge in [0, 0.05) is 6.61 Å². The molecule has 0 spiro atoms. The van der Waals surface area contributed by atoms with Crippen LogP contribution in [0.3, 0.4) is 0 Å². The molecule has 0 saturated carbocycles. The predicted octanol–water partition coefficient (Wildman–Crippen LogP) is 1.81. The van der Waals surface area contributed by atoms with Gasteiger partial charge in [-0.05, 0) is 34.1 Å². The molecule has 0 aromatic carbocycles. The Kier molecular flexibility index (Phi) is 4.05. The van der Waals surface area contributed by atoms with Crippen molar-refractivity contribution in [1.29, 1.82) is 0 Å². The Morgan fingerprint density at radius 3 is 2.38 bits per heavy atom. The van der Waals surface area contributed by atoms with Crippen LogP contribution in [0, 0.1) is 0 Å². The van der Waals surface area contributed by atoms with Gasteiger partial charge in [0.1, 0.15) is 24.4 Å². The first-order valence-electron chi connectivity index (χ1n) is 7.76. The van der Waals surface area contributed by atoms with Gasteiger partial charge < -0.3 is 28.4 Å². The third kappa shape index (κ3) is 3.11. The molecule has 0 amide bonds. The Labute approximate surface area is 126 Å². The summed E-state index contributed by atoms with van der Waals surface area (Å²) in [5.74, 6) is -1.22. The lowest BCUT2D eigenvalue weighted by Gasteiger charge is -2.29. The van der Waals surface area contributed by atoms with Crippen LogP contribution >= 0.6 is 0 Å². The van der Waals surface area contributed by atoms with Crippen LogP contribution in [-0.2, 0) is 28.4 Å². The van der Waals surface area contributed by atoms with Crippen LogP contribution in [0.2, 0.25) is 0 Å². The second-order valence-corrected chi connectivity index (χ2v) is 6.77. The molecule has 3 rings (SSSR count). The van der Waals surface area contributed by atoms with E-state index in [0.29, 0.717) is 13.2 Å². The normalized spacial score (nSPS) is 44.1. The van der Waals surface area contributed by atoms with Gasteiger partial charge in [0.25, 0.3) is 0 Å². The molecule has 3 fully saturated rings. The highest BCUT2D eigenvalue weighted by Gasteiger charge is 2.58. The van der Waals surface area contributed by atoms with E-state index in [-0.39, 0.29) is 24.4 Å². The Bertz CT molecular complexity index is 382. The Morgan fingerprint density at radius 1 is 1.00 bits per heavy atom. The molecule has 3 heterocycles. The lowest BCUT2D eigenvalue weighted by atomic mass is 10.1. The molecule has 3 aliphatic rings. The minimum Gasteiger partial charge on any atom is -0.372 e. The second kappa shape index (κ2) is 5.44. The molecule has 6 nitrogen and oxygen atoms in total. The van der Waals surface area contributed by atoms with Crippen LogP contribution in [0.4, 0.5) is 0 Å². The highest BCUT2D eigenvalue weighted by atomic mass is 16.8. The van der Waals surface area contributed by atoms with Gasteiger partial charge in [0.2, 0.25) is 0 Å². The summed E-state index contributed by atoms with van der Waals surface area (Å²) in [6, 6.07) is 0. The molecule has 122 valence electrons. The molecule has 0 aromatic rings. The van der Waals surface area contributed by atoms with Crippen molar-refractivity contribution in [2.75, 3.05) is 13.2 Å². The van der Waals surface area contributed by atoms with Crippen LogP contribution < -0.4 is 0 Å². The van der Waals surface area contributed by atoms with E-state index >= 15 is 0 Å². The van der Waals surface area contributed by atoms with Gasteiger partial charge in [-0.2, -0.15) is 0 Å². The molecule has 0 aromatic heterocycles. The maximum absolute atomic E-state index is 6.03. The molecule has 0 aliphatic carbocycles. The van der Waals surface area contributed by atoms with Gasteiger partial charge in [-0.25, -0.2) is 0 Å². The summed E-state index contributed by atoms with van der Waals surface area (Å²) >= 11 is 0. The summed E-state index contributed by atoms with van der Waals surface area (Å²) in [7, 11) is 0. The Hall–Kier alpha value is -0.240. The van der Waals surface area contributed by atoms with Crippen molar-refractivity contribution in [3.8, 4) is 0 Å². The molecule has 5 atom stereocenters. The van der Waals surface area contributed by atoms with Gasteiger partial charge in [-0.1, -0.05) is 6.92 Å². The van der Waals surface area contributed by atoms with E-state index < -0.39 is 17.9 Å². The van der Waals surface area contributed by atoms with E-state index in [9.17, 15) is 0 Å². The van der Waals surface area contributed by atoms with Crippen molar-refractivity contribution in [3.63, 3.8) is 0 Å². The molecular formula is C15H26O6. The maximum atomic E-state index is 6.03. The third-order valence-corrected chi connectivity index (χ3v) is 3.94. The Morgan fingerprint density at radius 2 is 1.76 bits per heavy atom. The van der Waals surface area contributed by atoms with Crippen molar-refractivity contribution in [1.82, 2.24) is 0 Å². The van der Waals surface area contributed by atoms with Crippen LogP contribution in [0.1, 0.15) is 41.0 Å². The zero-order valence-corrected chi connectivity index (χ0v) is 13.5. The first-order chi connectivity index (χ1) is 9.81. The van der Waals surface area contributed by atoms with E-state index in [4.69, 9.17) is 28.4 Å². The molecule has 21 heavy (non-hydrogen) atoms. The number of hydrogen-bond acceptors (Lipinski definition) is 6. The van der Waals surface area contributed by atoms with Crippen LogP contribution in [0.15, 0.2) is 0 Å². The number of rotatable bonds is 4. The fraction of sp³-hybridized carbons (Fsp3) is 1.00. The van der Waals surface area contributed by atoms with E-state index in [1.54, 1.807) is 0 Å². The van der Waals surface area contributed by atoms with Crippen molar-refractivity contribution in [2.45, 2.75) is 83.3 Å². The highest BCUT2D eigenvalue weighted by Crippen LogP contribution is 2.41. The lowest BCUT2D eigenvalue weighted by molar-refractivity contribution is -0.235. The second-order valence-electron chi connectivity index (χ2n) is 6.77. The van der Waals surface area contributed by atoms with E-state index in [2.05, 4.69) is 6.92 Å². The summed E-state index contributed by atoms with van der Waals surface area (Å²) in [5.41, 5.74) is 0. The first kappa shape index (κ1) is 15.6. The molecule has 2 unspecified atom stereocenters. The first-order valence-corrected chi connectivity index (χ1v) is 7.76. The fourth-order valence-electron chi connectivity index (χ4n) is 3.12. The summed E-state index contributed by atoms with van der Waals surface area (Å²) in [6.45, 7) is 10.8. The summed E-state index contributed by atoms with van der Waals surface area (Å²) in [6.07, 6.45) is -0.271. The SMILES string of the molecule is CCCO[C@@H]1C2OC(C)(C)OC2O[C@@H]1[C@H]1COC(C)(C)O1. The standard InChI is InChI=1S/C15H26O6/c1-6-7-16-11-10(9-8-17-14(2,3)19-9)18-13-12(11)20-15(4,5)21-13/h9-13H,6-8H2,1-5H3/t9-,10-,11+,12?,13?/m1/s1. The molecule has 0 bridgehead atoms. The summed E-state index contributed by atoms with van der Waals surface area (Å²) in [5, 5.41) is 0. The largest absolute Gasteiger partial charge is 0.372 e. The zero-order chi connectivity index (χ0) is 15.3. The summed E-state index contributed by atoms with van der Waals surface area (Å²) < 4.78 is 35.3. The minimum absolute atomic E-state index is 0.164. The third-order valence-electron chi connectivity index (χ3n) is 3.94. The lowest BCUT2D eigenvalue weighted by Crippen LogP contribution is -2.44. The van der Waals surface area contributed by atoms with E-state index in [1.807, 2.05) is 27.7 Å². The molecular weight excluding hydrogens is 276 g/mol. The van der Waals surface area contributed by atoms with Crippen LogP contribution in [-0.4, -0.2) is 55.5 Å². The molecule has 0 N–H and O–H groups in total. The summed E-state index contributed by atoms with van der Waals surface area (Å²) in [4.78, 5) is 0. The van der Waals surface area contributed by atoms with Crippen molar-refractivity contribution in [3.05, 3.63) is 0 Å². The smallest absolute Gasteiger partial charge is 0.190 e.